The first-order valence-corrected chi connectivity index (χ1v) is 10.7. The lowest BCUT2D eigenvalue weighted by Crippen LogP contribution is -2.04. The number of halogens is 3. The van der Waals surface area contributed by atoms with E-state index in [9.17, 15) is 14.3 Å². The summed E-state index contributed by atoms with van der Waals surface area (Å²) in [4.78, 5) is 19.6. The van der Waals surface area contributed by atoms with Gasteiger partial charge < -0.3 is 9.84 Å². The highest BCUT2D eigenvalue weighted by atomic mass is 79.9. The maximum atomic E-state index is 14.2. The predicted molar refractivity (Wildman–Crippen MR) is 120 cm³/mol. The quantitative estimate of drug-likeness (QED) is 0.421. The molecule has 0 saturated heterocycles. The van der Waals surface area contributed by atoms with Crippen LogP contribution >= 0.6 is 27.5 Å². The van der Waals surface area contributed by atoms with E-state index in [-0.39, 0.29) is 12.3 Å². The third-order valence-corrected chi connectivity index (χ3v) is 5.77. The zero-order chi connectivity index (χ0) is 22.0. The summed E-state index contributed by atoms with van der Waals surface area (Å²) in [6.07, 6.45) is 5.26. The summed E-state index contributed by atoms with van der Waals surface area (Å²) in [5.41, 5.74) is 3.67. The summed E-state index contributed by atoms with van der Waals surface area (Å²) >= 11 is 9.34. The second-order valence-corrected chi connectivity index (χ2v) is 8.42. The Labute approximate surface area is 191 Å². The fourth-order valence-electron chi connectivity index (χ4n) is 3.60. The van der Waals surface area contributed by atoms with Gasteiger partial charge in [0, 0.05) is 20.6 Å². The van der Waals surface area contributed by atoms with E-state index in [1.807, 2.05) is 18.2 Å². The third kappa shape index (κ3) is 4.78. The Hall–Kier alpha value is -2.77. The van der Waals surface area contributed by atoms with Crippen molar-refractivity contribution in [3.63, 3.8) is 0 Å². The first-order valence-electron chi connectivity index (χ1n) is 9.57. The Kier molecular flexibility index (Phi) is 6.34. The Morgan fingerprint density at radius 3 is 2.74 bits per heavy atom. The van der Waals surface area contributed by atoms with Crippen LogP contribution in [0, 0.1) is 5.82 Å². The molecule has 1 aromatic heterocycles. The van der Waals surface area contributed by atoms with Crippen molar-refractivity contribution in [2.75, 3.05) is 0 Å². The lowest BCUT2D eigenvalue weighted by atomic mass is 9.99. The average molecular weight is 504 g/mol. The van der Waals surface area contributed by atoms with Crippen molar-refractivity contribution in [2.45, 2.75) is 25.9 Å². The van der Waals surface area contributed by atoms with Crippen molar-refractivity contribution in [3.05, 3.63) is 86.6 Å². The van der Waals surface area contributed by atoms with E-state index in [0.717, 1.165) is 40.4 Å². The van der Waals surface area contributed by atoms with E-state index in [1.54, 1.807) is 18.3 Å². The highest BCUT2D eigenvalue weighted by Crippen LogP contribution is 2.43. The second kappa shape index (κ2) is 9.16. The van der Waals surface area contributed by atoms with Crippen LogP contribution in [0.15, 0.2) is 53.3 Å². The molecule has 0 amide bonds. The van der Waals surface area contributed by atoms with Gasteiger partial charge in [0.15, 0.2) is 5.69 Å². The van der Waals surface area contributed by atoms with Crippen LogP contribution in [0.4, 0.5) is 4.39 Å². The molecule has 8 heteroatoms. The zero-order valence-electron chi connectivity index (χ0n) is 16.2. The van der Waals surface area contributed by atoms with Gasteiger partial charge in [-0.2, -0.15) is 0 Å². The smallest absolute Gasteiger partial charge is 0.356 e. The van der Waals surface area contributed by atoms with Crippen molar-refractivity contribution < 1.29 is 19.0 Å². The van der Waals surface area contributed by atoms with Gasteiger partial charge >= 0.3 is 5.97 Å². The lowest BCUT2D eigenvalue weighted by molar-refractivity contribution is 0.0690. The number of carboxylic acids is 1. The number of hydrogen-bond donors (Lipinski definition) is 1. The van der Waals surface area contributed by atoms with E-state index < -0.39 is 11.8 Å². The molecule has 4 rings (SSSR count). The number of hydrogen-bond acceptors (Lipinski definition) is 4. The molecule has 0 saturated carbocycles. The summed E-state index contributed by atoms with van der Waals surface area (Å²) in [5.74, 6) is -0.937. The van der Waals surface area contributed by atoms with Gasteiger partial charge in [0.25, 0.3) is 0 Å². The predicted octanol–water partition coefficient (Wildman–Crippen LogP) is 6.40. The normalized spacial score (nSPS) is 13.5. The number of benzene rings is 2. The van der Waals surface area contributed by atoms with Gasteiger partial charge in [0.1, 0.15) is 18.2 Å². The van der Waals surface area contributed by atoms with Crippen LogP contribution in [0.5, 0.6) is 5.75 Å². The molecule has 0 bridgehead atoms. The molecule has 3 aromatic rings. The minimum Gasteiger partial charge on any atom is -0.488 e. The van der Waals surface area contributed by atoms with E-state index in [0.29, 0.717) is 22.0 Å². The third-order valence-electron chi connectivity index (χ3n) is 5.05. The van der Waals surface area contributed by atoms with Crippen LogP contribution in [0.2, 0.25) is 5.02 Å². The topological polar surface area (TPSA) is 72.3 Å². The van der Waals surface area contributed by atoms with Crippen molar-refractivity contribution in [1.29, 1.82) is 0 Å². The van der Waals surface area contributed by atoms with Gasteiger partial charge in [-0.3, -0.25) is 4.98 Å². The summed E-state index contributed by atoms with van der Waals surface area (Å²) in [6.45, 7) is 0.0502. The van der Waals surface area contributed by atoms with Gasteiger partial charge in [-0.15, -0.1) is 0 Å². The summed E-state index contributed by atoms with van der Waals surface area (Å²) in [7, 11) is 0. The van der Waals surface area contributed by atoms with Crippen LogP contribution in [0.3, 0.4) is 0 Å². The molecule has 0 radical (unpaired) electrons. The van der Waals surface area contributed by atoms with Crippen LogP contribution < -0.4 is 4.74 Å². The van der Waals surface area contributed by atoms with Gasteiger partial charge in [-0.1, -0.05) is 33.6 Å². The maximum absolute atomic E-state index is 14.2. The van der Waals surface area contributed by atoms with Crippen molar-refractivity contribution in [2.24, 2.45) is 0 Å². The Bertz CT molecular complexity index is 1200. The fraction of sp³-hybridized carbons (Fsp3) is 0.174. The zero-order valence-corrected chi connectivity index (χ0v) is 18.6. The number of nitrogens with zero attached hydrogens (tertiary/aromatic N) is 2. The molecule has 1 aliphatic carbocycles. The average Bonchev–Trinajstić information content (AvgIpc) is 3.23. The minimum absolute atomic E-state index is 0.0502. The number of carbonyl (C=O) groups is 1. The number of ether oxygens (including phenoxy) is 1. The van der Waals surface area contributed by atoms with E-state index in [1.165, 1.54) is 12.3 Å². The number of aromatic nitrogens is 2. The second-order valence-electron chi connectivity index (χ2n) is 7.07. The largest absolute Gasteiger partial charge is 0.488 e. The van der Waals surface area contributed by atoms with Crippen molar-refractivity contribution >= 4 is 44.6 Å². The molecular weight excluding hydrogens is 487 g/mol. The van der Waals surface area contributed by atoms with E-state index in [2.05, 4.69) is 25.9 Å². The first-order chi connectivity index (χ1) is 14.9. The van der Waals surface area contributed by atoms with Crippen molar-refractivity contribution in [1.82, 2.24) is 9.97 Å². The molecule has 2 aromatic carbocycles. The lowest BCUT2D eigenvalue weighted by Gasteiger charge is -2.15. The summed E-state index contributed by atoms with van der Waals surface area (Å²) in [6, 6.07) is 10.1. The fourth-order valence-corrected chi connectivity index (χ4v) is 4.12. The molecule has 1 aliphatic rings. The van der Waals surface area contributed by atoms with Crippen molar-refractivity contribution in [3.8, 4) is 5.75 Å². The minimum atomic E-state index is -1.12. The van der Waals surface area contributed by atoms with Crippen LogP contribution in [0.25, 0.3) is 11.1 Å². The number of carboxylic acid groups (broad SMARTS) is 1. The highest BCUT2D eigenvalue weighted by molar-refractivity contribution is 9.10. The Balaban J connectivity index is 1.71. The van der Waals surface area contributed by atoms with E-state index >= 15 is 0 Å². The number of aromatic carboxylic acids is 1. The molecule has 1 N–H and O–H groups in total. The summed E-state index contributed by atoms with van der Waals surface area (Å²) in [5, 5.41) is 9.58. The SMILES string of the molecule is O=C(O)c1cncc(C2=C(c3cc(Br)ccc3OCc3ccc(Cl)cc3F)CCC2)n1. The molecule has 158 valence electrons. The summed E-state index contributed by atoms with van der Waals surface area (Å²) < 4.78 is 21.0. The van der Waals surface area contributed by atoms with Crippen LogP contribution in [0.1, 0.15) is 46.6 Å². The highest BCUT2D eigenvalue weighted by Gasteiger charge is 2.23. The van der Waals surface area contributed by atoms with Crippen LogP contribution in [-0.2, 0) is 6.61 Å². The number of rotatable bonds is 6. The van der Waals surface area contributed by atoms with Gasteiger partial charge in [-0.25, -0.2) is 14.2 Å². The Morgan fingerprint density at radius 1 is 1.16 bits per heavy atom. The van der Waals surface area contributed by atoms with Crippen LogP contribution in [-0.4, -0.2) is 21.0 Å². The van der Waals surface area contributed by atoms with E-state index in [4.69, 9.17) is 16.3 Å². The molecule has 0 unspecified atom stereocenters. The molecule has 0 atom stereocenters. The number of allylic oxidation sites excluding steroid dienone is 2. The molecule has 5 nitrogen and oxygen atoms in total. The maximum Gasteiger partial charge on any atom is 0.356 e. The molecule has 0 aliphatic heterocycles. The van der Waals surface area contributed by atoms with Gasteiger partial charge in [0.05, 0.1) is 18.1 Å². The molecular formula is C23H17BrClFN2O3. The molecule has 1 heterocycles. The van der Waals surface area contributed by atoms with Gasteiger partial charge in [-0.05, 0) is 60.7 Å². The first kappa shape index (κ1) is 21.5. The Morgan fingerprint density at radius 2 is 1.97 bits per heavy atom. The monoisotopic (exact) mass is 502 g/mol. The molecule has 0 spiro atoms. The molecule has 31 heavy (non-hydrogen) atoms. The standard InChI is InChI=1S/C23H17BrClFN2O3/c24-14-5-7-22(31-12-13-4-6-15(25)9-19(13)26)18(8-14)16-2-1-3-17(16)20-10-27-11-21(28-20)23(29)30/h4-11H,1-3,12H2,(H,29,30). The van der Waals surface area contributed by atoms with Gasteiger partial charge in [0.2, 0.25) is 0 Å². The molecule has 0 fully saturated rings.